The van der Waals surface area contributed by atoms with Crippen LogP contribution >= 0.6 is 15.9 Å². The molecular weight excluding hydrogens is 279 g/mol. The number of alkyl halides is 1. The number of hydrogen-bond acceptors (Lipinski definition) is 2. The smallest absolute Gasteiger partial charge is 0.309 e. The quantitative estimate of drug-likeness (QED) is 0.666. The van der Waals surface area contributed by atoms with Crippen molar-refractivity contribution in [3.63, 3.8) is 0 Å². The van der Waals surface area contributed by atoms with Crippen LogP contribution in [0.5, 0.6) is 0 Å². The summed E-state index contributed by atoms with van der Waals surface area (Å²) in [6, 6.07) is 8.25. The molecule has 0 saturated carbocycles. The van der Waals surface area contributed by atoms with Crippen molar-refractivity contribution in [1.82, 2.24) is 0 Å². The number of halogens is 1. The summed E-state index contributed by atoms with van der Waals surface area (Å²) < 4.78 is 5.79. The summed E-state index contributed by atoms with van der Waals surface area (Å²) in [5, 5.41) is 10.8. The molecule has 4 heteroatoms. The Morgan fingerprint density at radius 2 is 1.71 bits per heavy atom. The molecule has 0 bridgehead atoms. The summed E-state index contributed by atoms with van der Waals surface area (Å²) >= 11 is 3.41. The summed E-state index contributed by atoms with van der Waals surface area (Å²) in [4.78, 5) is 0. The van der Waals surface area contributed by atoms with Crippen molar-refractivity contribution >= 4 is 28.9 Å². The molecule has 94 valence electrons. The Bertz CT molecular complexity index is 355. The molecule has 0 fully saturated rings. The highest BCUT2D eigenvalue weighted by Gasteiger charge is 2.35. The predicted octanol–water partition coefficient (Wildman–Crippen LogP) is 2.12. The van der Waals surface area contributed by atoms with Crippen LogP contribution in [0.15, 0.2) is 24.3 Å². The first-order chi connectivity index (χ1) is 7.76. The van der Waals surface area contributed by atoms with Gasteiger partial charge in [0, 0.05) is 5.33 Å². The first kappa shape index (κ1) is 14.7. The van der Waals surface area contributed by atoms with Crippen LogP contribution in [0, 0.1) is 0 Å². The van der Waals surface area contributed by atoms with Crippen LogP contribution in [0.3, 0.4) is 0 Å². The maximum atomic E-state index is 9.97. The first-order valence-electron chi connectivity index (χ1n) is 5.76. The van der Waals surface area contributed by atoms with E-state index in [1.165, 1.54) is 5.56 Å². The number of aliphatic hydroxyl groups is 1. The molecule has 2 nitrogen and oxygen atoms in total. The third-order valence-corrected chi connectivity index (χ3v) is 3.90. The average molecular weight is 299 g/mol. The SMILES string of the molecule is CC(C)(O)C(C)(C)OBc1ccc(CBr)cc1. The van der Waals surface area contributed by atoms with Gasteiger partial charge in [-0.3, -0.25) is 0 Å². The third-order valence-electron chi connectivity index (χ3n) is 3.25. The van der Waals surface area contributed by atoms with Gasteiger partial charge >= 0.3 is 7.48 Å². The highest BCUT2D eigenvalue weighted by molar-refractivity contribution is 9.08. The lowest BCUT2D eigenvalue weighted by atomic mass is 9.82. The standard InChI is InChI=1S/C13H20BBrO2/c1-12(2,16)13(3,4)17-14-11-7-5-10(9-15)6-8-11/h5-8,14,16H,9H2,1-4H3. The molecule has 0 heterocycles. The molecule has 0 spiro atoms. The van der Waals surface area contributed by atoms with Crippen molar-refractivity contribution in [3.8, 4) is 0 Å². The topological polar surface area (TPSA) is 29.5 Å². The lowest BCUT2D eigenvalue weighted by molar-refractivity contribution is -0.0893. The van der Waals surface area contributed by atoms with Gasteiger partial charge in [-0.1, -0.05) is 45.7 Å². The van der Waals surface area contributed by atoms with Crippen molar-refractivity contribution in [3.05, 3.63) is 29.8 Å². The van der Waals surface area contributed by atoms with Gasteiger partial charge in [-0.15, -0.1) is 0 Å². The van der Waals surface area contributed by atoms with E-state index in [0.717, 1.165) is 10.8 Å². The molecule has 0 aliphatic rings. The summed E-state index contributed by atoms with van der Waals surface area (Å²) in [5.74, 6) is 0. The van der Waals surface area contributed by atoms with Crippen LogP contribution in [0.2, 0.25) is 0 Å². The second-order valence-corrected chi connectivity index (χ2v) is 5.87. The zero-order valence-electron chi connectivity index (χ0n) is 11.0. The molecular formula is C13H20BBrO2. The van der Waals surface area contributed by atoms with E-state index in [1.807, 2.05) is 13.8 Å². The number of hydrogen-bond donors (Lipinski definition) is 1. The first-order valence-corrected chi connectivity index (χ1v) is 6.88. The summed E-state index contributed by atoms with van der Waals surface area (Å²) in [6.07, 6.45) is 0. The van der Waals surface area contributed by atoms with E-state index in [4.69, 9.17) is 4.65 Å². The molecule has 0 aliphatic heterocycles. The van der Waals surface area contributed by atoms with Crippen LogP contribution in [0.25, 0.3) is 0 Å². The molecule has 1 N–H and O–H groups in total. The van der Waals surface area contributed by atoms with Crippen LogP contribution in [-0.4, -0.2) is 23.8 Å². The second-order valence-electron chi connectivity index (χ2n) is 5.31. The summed E-state index contributed by atoms with van der Waals surface area (Å²) in [6.45, 7) is 7.33. The average Bonchev–Trinajstić information content (AvgIpc) is 2.25. The number of benzene rings is 1. The number of rotatable bonds is 5. The Morgan fingerprint density at radius 1 is 1.18 bits per heavy atom. The zero-order chi connectivity index (χ0) is 13.1. The fourth-order valence-corrected chi connectivity index (χ4v) is 1.54. The molecule has 0 aromatic heterocycles. The molecule has 0 atom stereocenters. The Hall–Kier alpha value is -0.315. The molecule has 1 aromatic rings. The fraction of sp³-hybridized carbons (Fsp3) is 0.538. The third kappa shape index (κ3) is 4.13. The lowest BCUT2D eigenvalue weighted by Gasteiger charge is -2.37. The second kappa shape index (κ2) is 5.55. The van der Waals surface area contributed by atoms with Crippen molar-refractivity contribution < 1.29 is 9.76 Å². The Morgan fingerprint density at radius 3 is 2.12 bits per heavy atom. The van der Waals surface area contributed by atoms with E-state index in [1.54, 1.807) is 13.8 Å². The van der Waals surface area contributed by atoms with E-state index >= 15 is 0 Å². The van der Waals surface area contributed by atoms with E-state index in [2.05, 4.69) is 40.2 Å². The van der Waals surface area contributed by atoms with Gasteiger partial charge in [-0.05, 0) is 33.3 Å². The summed E-state index contributed by atoms with van der Waals surface area (Å²) in [7, 11) is 0.513. The molecule has 1 rings (SSSR count). The van der Waals surface area contributed by atoms with Crippen LogP contribution < -0.4 is 5.46 Å². The molecule has 0 saturated heterocycles. The van der Waals surface area contributed by atoms with Crippen LogP contribution in [0.4, 0.5) is 0 Å². The monoisotopic (exact) mass is 298 g/mol. The summed E-state index contributed by atoms with van der Waals surface area (Å²) in [5.41, 5.74) is 0.937. The van der Waals surface area contributed by atoms with Crippen molar-refractivity contribution in [2.24, 2.45) is 0 Å². The van der Waals surface area contributed by atoms with Crippen molar-refractivity contribution in [2.75, 3.05) is 0 Å². The predicted molar refractivity (Wildman–Crippen MR) is 77.3 cm³/mol. The largest absolute Gasteiger partial charge is 0.427 e. The van der Waals surface area contributed by atoms with Gasteiger partial charge in [0.15, 0.2) is 0 Å². The van der Waals surface area contributed by atoms with Gasteiger partial charge in [0.2, 0.25) is 0 Å². The Kier molecular flexibility index (Phi) is 4.81. The van der Waals surface area contributed by atoms with E-state index in [-0.39, 0.29) is 0 Å². The van der Waals surface area contributed by atoms with Gasteiger partial charge in [0.05, 0.1) is 11.2 Å². The maximum absolute atomic E-state index is 9.97. The van der Waals surface area contributed by atoms with Gasteiger partial charge in [0.25, 0.3) is 0 Å². The zero-order valence-corrected chi connectivity index (χ0v) is 12.5. The lowest BCUT2D eigenvalue weighted by Crippen LogP contribution is -2.49. The Balaban J connectivity index is 2.61. The van der Waals surface area contributed by atoms with E-state index < -0.39 is 11.2 Å². The van der Waals surface area contributed by atoms with Gasteiger partial charge in [-0.2, -0.15) is 0 Å². The van der Waals surface area contributed by atoms with Gasteiger partial charge in [-0.25, -0.2) is 0 Å². The molecule has 0 unspecified atom stereocenters. The molecule has 17 heavy (non-hydrogen) atoms. The van der Waals surface area contributed by atoms with Crippen LogP contribution in [-0.2, 0) is 9.98 Å². The van der Waals surface area contributed by atoms with E-state index in [9.17, 15) is 5.11 Å². The van der Waals surface area contributed by atoms with Gasteiger partial charge in [0.1, 0.15) is 0 Å². The van der Waals surface area contributed by atoms with Crippen molar-refractivity contribution in [2.45, 2.75) is 44.2 Å². The highest BCUT2D eigenvalue weighted by Crippen LogP contribution is 2.24. The minimum Gasteiger partial charge on any atom is -0.427 e. The minimum atomic E-state index is -0.858. The fourth-order valence-electron chi connectivity index (χ4n) is 1.16. The van der Waals surface area contributed by atoms with E-state index in [0.29, 0.717) is 7.48 Å². The van der Waals surface area contributed by atoms with Crippen LogP contribution in [0.1, 0.15) is 33.3 Å². The molecule has 0 radical (unpaired) electrons. The molecule has 0 aliphatic carbocycles. The van der Waals surface area contributed by atoms with Crippen molar-refractivity contribution in [1.29, 1.82) is 0 Å². The molecule has 1 aromatic carbocycles. The van der Waals surface area contributed by atoms with Gasteiger partial charge < -0.3 is 9.76 Å². The normalized spacial score (nSPS) is 12.6. The highest BCUT2D eigenvalue weighted by atomic mass is 79.9. The Labute approximate surface area is 113 Å². The maximum Gasteiger partial charge on any atom is 0.309 e. The minimum absolute atomic E-state index is 0.513. The molecule has 0 amide bonds.